The summed E-state index contributed by atoms with van der Waals surface area (Å²) in [7, 11) is 0. The van der Waals surface area contributed by atoms with Crippen LogP contribution in [-0.2, 0) is 17.8 Å². The van der Waals surface area contributed by atoms with E-state index >= 15 is 0 Å². The monoisotopic (exact) mass is 360 g/mol. The summed E-state index contributed by atoms with van der Waals surface area (Å²) in [5.41, 5.74) is 3.19. The number of benzene rings is 2. The summed E-state index contributed by atoms with van der Waals surface area (Å²) in [6.07, 6.45) is 3.70. The van der Waals surface area contributed by atoms with Gasteiger partial charge in [-0.25, -0.2) is 4.79 Å². The average molecular weight is 360 g/mol. The number of nitrogens with one attached hydrogen (secondary N) is 3. The lowest BCUT2D eigenvalue weighted by atomic mass is 10.1. The second kappa shape index (κ2) is 9.15. The van der Waals surface area contributed by atoms with E-state index < -0.39 is 0 Å². The van der Waals surface area contributed by atoms with Crippen molar-refractivity contribution >= 4 is 23.3 Å². The number of aromatic nitrogens is 1. The fraction of sp³-hybridized carbons (Fsp3) is 0.0952. The summed E-state index contributed by atoms with van der Waals surface area (Å²) in [6, 6.07) is 19.9. The zero-order valence-corrected chi connectivity index (χ0v) is 14.7. The largest absolute Gasteiger partial charge is 0.334 e. The molecular formula is C21H20N4O2. The van der Waals surface area contributed by atoms with Crippen molar-refractivity contribution < 1.29 is 9.59 Å². The average Bonchev–Trinajstić information content (AvgIpc) is 2.69. The van der Waals surface area contributed by atoms with Gasteiger partial charge in [0, 0.05) is 30.3 Å². The number of carbonyl (C=O) groups excluding carboxylic acids is 2. The van der Waals surface area contributed by atoms with Gasteiger partial charge in [-0.1, -0.05) is 36.4 Å². The highest BCUT2D eigenvalue weighted by Crippen LogP contribution is 2.14. The highest BCUT2D eigenvalue weighted by molar-refractivity contribution is 5.93. The van der Waals surface area contributed by atoms with Crippen LogP contribution in [0.4, 0.5) is 16.2 Å². The van der Waals surface area contributed by atoms with Crippen molar-refractivity contribution in [3.63, 3.8) is 0 Å². The molecular weight excluding hydrogens is 340 g/mol. The Morgan fingerprint density at radius 2 is 1.44 bits per heavy atom. The topological polar surface area (TPSA) is 83.1 Å². The minimum atomic E-state index is -0.306. The fourth-order valence-corrected chi connectivity index (χ4v) is 2.48. The van der Waals surface area contributed by atoms with Crippen LogP contribution in [-0.4, -0.2) is 16.9 Å². The lowest BCUT2D eigenvalue weighted by Crippen LogP contribution is -2.28. The Hall–Kier alpha value is -3.67. The van der Waals surface area contributed by atoms with Gasteiger partial charge in [0.15, 0.2) is 0 Å². The van der Waals surface area contributed by atoms with E-state index in [1.54, 1.807) is 36.7 Å². The van der Waals surface area contributed by atoms with E-state index in [0.29, 0.717) is 24.3 Å². The van der Waals surface area contributed by atoms with Crippen LogP contribution in [0.15, 0.2) is 79.1 Å². The first kappa shape index (κ1) is 18.1. The van der Waals surface area contributed by atoms with Gasteiger partial charge < -0.3 is 16.0 Å². The molecule has 0 aliphatic carbocycles. The number of carbonyl (C=O) groups is 2. The molecule has 0 spiro atoms. The Labute approximate surface area is 157 Å². The Morgan fingerprint density at radius 1 is 0.778 bits per heavy atom. The number of anilines is 2. The number of rotatable bonds is 6. The van der Waals surface area contributed by atoms with Crippen molar-refractivity contribution in [2.24, 2.45) is 0 Å². The standard InChI is InChI=1S/C21H20N4O2/c26-20(13-16-5-2-1-3-6-16)24-18-8-10-19(11-9-18)25-21(27)23-15-17-7-4-12-22-14-17/h1-12,14H,13,15H2,(H,24,26)(H2,23,25,27). The smallest absolute Gasteiger partial charge is 0.319 e. The van der Waals surface area contributed by atoms with Gasteiger partial charge in [-0.05, 0) is 41.5 Å². The van der Waals surface area contributed by atoms with Gasteiger partial charge >= 0.3 is 6.03 Å². The Balaban J connectivity index is 1.46. The van der Waals surface area contributed by atoms with Crippen LogP contribution in [0.25, 0.3) is 0 Å². The van der Waals surface area contributed by atoms with E-state index in [9.17, 15) is 9.59 Å². The van der Waals surface area contributed by atoms with Gasteiger partial charge in [0.05, 0.1) is 6.42 Å². The predicted molar refractivity (Wildman–Crippen MR) is 105 cm³/mol. The van der Waals surface area contributed by atoms with Crippen molar-refractivity contribution in [2.45, 2.75) is 13.0 Å². The van der Waals surface area contributed by atoms with Crippen LogP contribution >= 0.6 is 0 Å². The first-order chi connectivity index (χ1) is 13.2. The molecule has 0 atom stereocenters. The molecule has 0 saturated heterocycles. The second-order valence-electron chi connectivity index (χ2n) is 5.96. The molecule has 0 fully saturated rings. The zero-order chi connectivity index (χ0) is 18.9. The molecule has 6 heteroatoms. The Morgan fingerprint density at radius 3 is 2.11 bits per heavy atom. The normalized spacial score (nSPS) is 10.1. The van der Waals surface area contributed by atoms with Gasteiger partial charge in [0.1, 0.15) is 0 Å². The van der Waals surface area contributed by atoms with Gasteiger partial charge in [-0.15, -0.1) is 0 Å². The molecule has 3 aromatic rings. The molecule has 1 heterocycles. The first-order valence-electron chi connectivity index (χ1n) is 8.56. The van der Waals surface area contributed by atoms with Crippen molar-refractivity contribution in [3.05, 3.63) is 90.3 Å². The van der Waals surface area contributed by atoms with Crippen molar-refractivity contribution in [1.29, 1.82) is 0 Å². The van der Waals surface area contributed by atoms with E-state index in [1.807, 2.05) is 42.5 Å². The molecule has 0 aliphatic heterocycles. The SMILES string of the molecule is O=C(Cc1ccccc1)Nc1ccc(NC(=O)NCc2cccnc2)cc1. The fourth-order valence-electron chi connectivity index (χ4n) is 2.48. The van der Waals surface area contributed by atoms with Crippen molar-refractivity contribution in [2.75, 3.05) is 10.6 Å². The van der Waals surface area contributed by atoms with Crippen molar-refractivity contribution in [1.82, 2.24) is 10.3 Å². The van der Waals surface area contributed by atoms with Gasteiger partial charge in [0.25, 0.3) is 0 Å². The number of urea groups is 1. The van der Waals surface area contributed by atoms with Crippen LogP contribution in [0, 0.1) is 0 Å². The van der Waals surface area contributed by atoms with Crippen LogP contribution in [0.1, 0.15) is 11.1 Å². The number of hydrogen-bond acceptors (Lipinski definition) is 3. The maximum Gasteiger partial charge on any atom is 0.319 e. The molecule has 3 N–H and O–H groups in total. The van der Waals surface area contributed by atoms with Crippen molar-refractivity contribution in [3.8, 4) is 0 Å². The molecule has 0 aliphatic rings. The predicted octanol–water partition coefficient (Wildman–Crippen LogP) is 3.58. The minimum absolute atomic E-state index is 0.0869. The Kier molecular flexibility index (Phi) is 6.14. The second-order valence-corrected chi connectivity index (χ2v) is 5.96. The molecule has 3 amide bonds. The maximum atomic E-state index is 12.1. The molecule has 2 aromatic carbocycles. The molecule has 0 unspecified atom stereocenters. The van der Waals surface area contributed by atoms with Gasteiger partial charge in [-0.2, -0.15) is 0 Å². The third kappa shape index (κ3) is 5.97. The molecule has 0 saturated carbocycles. The number of pyridine rings is 1. The van der Waals surface area contributed by atoms with Crippen LogP contribution in [0.3, 0.4) is 0 Å². The lowest BCUT2D eigenvalue weighted by Gasteiger charge is -2.09. The molecule has 136 valence electrons. The number of amides is 3. The molecule has 27 heavy (non-hydrogen) atoms. The summed E-state index contributed by atoms with van der Waals surface area (Å²) in [4.78, 5) is 28.0. The van der Waals surface area contributed by atoms with Crippen LogP contribution in [0.2, 0.25) is 0 Å². The first-order valence-corrected chi connectivity index (χ1v) is 8.56. The van der Waals surface area contributed by atoms with Crippen LogP contribution < -0.4 is 16.0 Å². The lowest BCUT2D eigenvalue weighted by molar-refractivity contribution is -0.115. The third-order valence-corrected chi connectivity index (χ3v) is 3.81. The van der Waals surface area contributed by atoms with E-state index in [2.05, 4.69) is 20.9 Å². The zero-order valence-electron chi connectivity index (χ0n) is 14.7. The minimum Gasteiger partial charge on any atom is -0.334 e. The van der Waals surface area contributed by atoms with E-state index in [-0.39, 0.29) is 11.9 Å². The molecule has 6 nitrogen and oxygen atoms in total. The summed E-state index contributed by atoms with van der Waals surface area (Å²) < 4.78 is 0. The molecule has 3 rings (SSSR count). The highest BCUT2D eigenvalue weighted by atomic mass is 16.2. The van der Waals surface area contributed by atoms with Gasteiger partial charge in [0.2, 0.25) is 5.91 Å². The number of nitrogens with zero attached hydrogens (tertiary/aromatic N) is 1. The molecule has 0 bridgehead atoms. The molecule has 1 aromatic heterocycles. The third-order valence-electron chi connectivity index (χ3n) is 3.81. The summed E-state index contributed by atoms with van der Waals surface area (Å²) >= 11 is 0. The Bertz CT molecular complexity index is 881. The summed E-state index contributed by atoms with van der Waals surface area (Å²) in [5, 5.41) is 8.35. The number of hydrogen-bond donors (Lipinski definition) is 3. The quantitative estimate of drug-likeness (QED) is 0.628. The van der Waals surface area contributed by atoms with E-state index in [0.717, 1.165) is 11.1 Å². The van der Waals surface area contributed by atoms with Gasteiger partial charge in [-0.3, -0.25) is 9.78 Å². The van der Waals surface area contributed by atoms with E-state index in [4.69, 9.17) is 0 Å². The molecule has 0 radical (unpaired) electrons. The maximum absolute atomic E-state index is 12.1. The highest BCUT2D eigenvalue weighted by Gasteiger charge is 2.05. The summed E-state index contributed by atoms with van der Waals surface area (Å²) in [6.45, 7) is 0.396. The van der Waals surface area contributed by atoms with E-state index in [1.165, 1.54) is 0 Å². The summed E-state index contributed by atoms with van der Waals surface area (Å²) in [5.74, 6) is -0.0869. The van der Waals surface area contributed by atoms with Crippen LogP contribution in [0.5, 0.6) is 0 Å².